The summed E-state index contributed by atoms with van der Waals surface area (Å²) < 4.78 is 5.98. The molecule has 0 bridgehead atoms. The van der Waals surface area contributed by atoms with Crippen molar-refractivity contribution in [3.05, 3.63) is 28.7 Å². The fourth-order valence-electron chi connectivity index (χ4n) is 1.01. The summed E-state index contributed by atoms with van der Waals surface area (Å²) in [5.41, 5.74) is 0.990. The molecular weight excluding hydrogens is 282 g/mol. The van der Waals surface area contributed by atoms with Crippen LogP contribution in [0.2, 0.25) is 0 Å². The first kappa shape index (κ1) is 10.1. The third-order valence-electron chi connectivity index (χ3n) is 1.62. The molecule has 14 heavy (non-hydrogen) atoms. The van der Waals surface area contributed by atoms with Crippen LogP contribution in [-0.4, -0.2) is 9.36 Å². The molecule has 0 aliphatic carbocycles. The summed E-state index contributed by atoms with van der Waals surface area (Å²) >= 11 is 5.88. The number of benzene rings is 1. The standard InChI is InChI=1S/C8H6BrN3S2/c9-6-4-2-1-3-5(6)7-11-8(13-10)14-12-7/h1-4H,10H2. The summed E-state index contributed by atoms with van der Waals surface area (Å²) in [4.78, 5) is 4.28. The fourth-order valence-corrected chi connectivity index (χ4v) is 2.33. The molecule has 2 N–H and O–H groups in total. The molecule has 0 atom stereocenters. The number of hydrogen-bond acceptors (Lipinski definition) is 5. The van der Waals surface area contributed by atoms with E-state index in [2.05, 4.69) is 25.3 Å². The van der Waals surface area contributed by atoms with Crippen LogP contribution in [0.25, 0.3) is 11.4 Å². The number of halogens is 1. The van der Waals surface area contributed by atoms with E-state index < -0.39 is 0 Å². The normalized spacial score (nSPS) is 10.4. The van der Waals surface area contributed by atoms with E-state index in [0.717, 1.165) is 32.1 Å². The molecule has 6 heteroatoms. The first-order valence-electron chi connectivity index (χ1n) is 3.76. The van der Waals surface area contributed by atoms with Gasteiger partial charge in [0.1, 0.15) is 0 Å². The highest BCUT2D eigenvalue weighted by Crippen LogP contribution is 2.28. The minimum absolute atomic E-state index is 0.718. The molecule has 2 rings (SSSR count). The van der Waals surface area contributed by atoms with Crippen LogP contribution < -0.4 is 5.14 Å². The zero-order chi connectivity index (χ0) is 9.97. The Morgan fingerprint density at radius 1 is 1.36 bits per heavy atom. The van der Waals surface area contributed by atoms with Crippen LogP contribution in [0.3, 0.4) is 0 Å². The van der Waals surface area contributed by atoms with E-state index in [9.17, 15) is 0 Å². The van der Waals surface area contributed by atoms with E-state index >= 15 is 0 Å². The van der Waals surface area contributed by atoms with Crippen LogP contribution in [-0.2, 0) is 0 Å². The summed E-state index contributed by atoms with van der Waals surface area (Å²) in [6.45, 7) is 0. The summed E-state index contributed by atoms with van der Waals surface area (Å²) in [5.74, 6) is 0.718. The van der Waals surface area contributed by atoms with E-state index in [4.69, 9.17) is 5.14 Å². The lowest BCUT2D eigenvalue weighted by atomic mass is 10.2. The number of nitrogens with two attached hydrogens (primary N) is 1. The Morgan fingerprint density at radius 3 is 2.79 bits per heavy atom. The summed E-state index contributed by atoms with van der Waals surface area (Å²) in [6.07, 6.45) is 0. The Balaban J connectivity index is 2.44. The maximum Gasteiger partial charge on any atom is 0.185 e. The van der Waals surface area contributed by atoms with Crippen LogP contribution in [0.15, 0.2) is 33.1 Å². The molecule has 0 saturated carbocycles. The largest absolute Gasteiger partial charge is 0.272 e. The Morgan fingerprint density at radius 2 is 2.14 bits per heavy atom. The molecule has 0 saturated heterocycles. The van der Waals surface area contributed by atoms with Crippen molar-refractivity contribution < 1.29 is 0 Å². The third kappa shape index (κ3) is 1.98. The van der Waals surface area contributed by atoms with E-state index in [-0.39, 0.29) is 0 Å². The Kier molecular flexibility index (Phi) is 3.17. The van der Waals surface area contributed by atoms with Gasteiger partial charge in [-0.1, -0.05) is 34.1 Å². The van der Waals surface area contributed by atoms with Crippen molar-refractivity contribution in [1.29, 1.82) is 0 Å². The number of hydrogen-bond donors (Lipinski definition) is 1. The molecule has 0 amide bonds. The molecule has 0 radical (unpaired) electrons. The summed E-state index contributed by atoms with van der Waals surface area (Å²) in [6, 6.07) is 7.84. The van der Waals surface area contributed by atoms with E-state index in [1.54, 1.807) is 0 Å². The maximum atomic E-state index is 5.39. The number of nitrogens with zero attached hydrogens (tertiary/aromatic N) is 2. The highest BCUT2D eigenvalue weighted by atomic mass is 79.9. The van der Waals surface area contributed by atoms with Crippen molar-refractivity contribution in [2.75, 3.05) is 0 Å². The Bertz CT molecular complexity index is 444. The topological polar surface area (TPSA) is 51.8 Å². The molecule has 0 spiro atoms. The van der Waals surface area contributed by atoms with Gasteiger partial charge < -0.3 is 0 Å². The van der Waals surface area contributed by atoms with Gasteiger partial charge in [-0.2, -0.15) is 4.37 Å². The van der Waals surface area contributed by atoms with Gasteiger partial charge in [0.2, 0.25) is 0 Å². The number of rotatable bonds is 2. The highest BCUT2D eigenvalue weighted by Gasteiger charge is 2.08. The van der Waals surface area contributed by atoms with Gasteiger partial charge in [-0.3, -0.25) is 5.14 Å². The lowest BCUT2D eigenvalue weighted by Crippen LogP contribution is -1.82. The Labute approximate surface area is 98.2 Å². The van der Waals surface area contributed by atoms with Gasteiger partial charge >= 0.3 is 0 Å². The molecule has 1 aromatic carbocycles. The van der Waals surface area contributed by atoms with Crippen molar-refractivity contribution >= 4 is 39.4 Å². The number of aromatic nitrogens is 2. The molecule has 1 aromatic heterocycles. The van der Waals surface area contributed by atoms with E-state index in [1.807, 2.05) is 24.3 Å². The fraction of sp³-hybridized carbons (Fsp3) is 0. The second kappa shape index (κ2) is 4.39. The van der Waals surface area contributed by atoms with Gasteiger partial charge in [0.25, 0.3) is 0 Å². The van der Waals surface area contributed by atoms with Gasteiger partial charge in [0.05, 0.1) is 0 Å². The van der Waals surface area contributed by atoms with Gasteiger partial charge in [0, 0.05) is 10.0 Å². The lowest BCUT2D eigenvalue weighted by Gasteiger charge is -1.97. The molecule has 0 aliphatic rings. The SMILES string of the molecule is NSc1nc(-c2ccccc2Br)ns1. The quantitative estimate of drug-likeness (QED) is 0.863. The van der Waals surface area contributed by atoms with Crippen LogP contribution in [0.5, 0.6) is 0 Å². The summed E-state index contributed by atoms with van der Waals surface area (Å²) in [5, 5.41) is 5.39. The second-order valence-electron chi connectivity index (χ2n) is 2.48. The minimum atomic E-state index is 0.718. The first-order chi connectivity index (χ1) is 6.81. The molecule has 3 nitrogen and oxygen atoms in total. The second-order valence-corrected chi connectivity index (χ2v) is 4.97. The van der Waals surface area contributed by atoms with E-state index in [1.165, 1.54) is 11.5 Å². The molecule has 2 aromatic rings. The van der Waals surface area contributed by atoms with E-state index in [0.29, 0.717) is 0 Å². The smallest absolute Gasteiger partial charge is 0.185 e. The first-order valence-corrected chi connectivity index (χ1v) is 6.21. The Hall–Kier alpha value is -0.430. The molecule has 0 aliphatic heterocycles. The van der Waals surface area contributed by atoms with Crippen LogP contribution in [0.1, 0.15) is 0 Å². The average Bonchev–Trinajstić information content (AvgIpc) is 2.67. The van der Waals surface area contributed by atoms with Gasteiger partial charge in [-0.05, 0) is 29.5 Å². The van der Waals surface area contributed by atoms with Gasteiger partial charge in [0.15, 0.2) is 10.2 Å². The van der Waals surface area contributed by atoms with Crippen LogP contribution in [0, 0.1) is 0 Å². The predicted molar refractivity (Wildman–Crippen MR) is 63.1 cm³/mol. The van der Waals surface area contributed by atoms with Crippen molar-refractivity contribution in [2.45, 2.75) is 4.34 Å². The zero-order valence-electron chi connectivity index (χ0n) is 6.98. The maximum absolute atomic E-state index is 5.39. The zero-order valence-corrected chi connectivity index (χ0v) is 10.2. The summed E-state index contributed by atoms with van der Waals surface area (Å²) in [7, 11) is 0. The van der Waals surface area contributed by atoms with Crippen LogP contribution >= 0.6 is 39.4 Å². The van der Waals surface area contributed by atoms with Crippen LogP contribution in [0.4, 0.5) is 0 Å². The van der Waals surface area contributed by atoms with Crippen molar-refractivity contribution in [2.24, 2.45) is 5.14 Å². The van der Waals surface area contributed by atoms with Gasteiger partial charge in [-0.25, -0.2) is 4.98 Å². The van der Waals surface area contributed by atoms with Crippen molar-refractivity contribution in [3.63, 3.8) is 0 Å². The van der Waals surface area contributed by atoms with Gasteiger partial charge in [-0.15, -0.1) is 0 Å². The molecule has 0 fully saturated rings. The average molecular weight is 288 g/mol. The monoisotopic (exact) mass is 287 g/mol. The third-order valence-corrected chi connectivity index (χ3v) is 3.63. The molecule has 72 valence electrons. The lowest BCUT2D eigenvalue weighted by molar-refractivity contribution is 1.22. The molecule has 0 unspecified atom stereocenters. The molecule has 1 heterocycles. The van der Waals surface area contributed by atoms with Crippen molar-refractivity contribution in [3.8, 4) is 11.4 Å². The molecular formula is C8H6BrN3S2. The predicted octanol–water partition coefficient (Wildman–Crippen LogP) is 2.93. The van der Waals surface area contributed by atoms with Crippen molar-refractivity contribution in [1.82, 2.24) is 9.36 Å². The minimum Gasteiger partial charge on any atom is -0.272 e. The highest BCUT2D eigenvalue weighted by molar-refractivity contribution is 9.10.